The van der Waals surface area contributed by atoms with E-state index < -0.39 is 11.7 Å². The summed E-state index contributed by atoms with van der Waals surface area (Å²) < 4.78 is 12.1. The minimum absolute atomic E-state index is 0.0195. The van der Waals surface area contributed by atoms with Crippen molar-refractivity contribution in [1.82, 2.24) is 0 Å². The normalized spacial score (nSPS) is 52.6. The third-order valence-corrected chi connectivity index (χ3v) is 11.6. The third-order valence-electron chi connectivity index (χ3n) is 11.6. The smallest absolute Gasteiger partial charge is 0.302 e. The highest BCUT2D eigenvalue weighted by molar-refractivity contribution is 5.66. The van der Waals surface area contributed by atoms with E-state index in [1.807, 2.05) is 6.92 Å². The fraction of sp³-hybridized carbons (Fsp3) is 0.893. The van der Waals surface area contributed by atoms with E-state index in [9.17, 15) is 15.0 Å². The molecule has 0 radical (unpaired) electrons. The van der Waals surface area contributed by atoms with E-state index in [0.717, 1.165) is 38.5 Å². The van der Waals surface area contributed by atoms with Gasteiger partial charge in [-0.3, -0.25) is 4.79 Å². The van der Waals surface area contributed by atoms with Crippen LogP contribution in [0.5, 0.6) is 0 Å². The number of fused-ring (bicyclic) bond motifs is 7. The average molecular weight is 461 g/mol. The number of hydrogen-bond acceptors (Lipinski definition) is 5. The van der Waals surface area contributed by atoms with E-state index >= 15 is 0 Å². The van der Waals surface area contributed by atoms with Crippen LogP contribution >= 0.6 is 0 Å². The number of carbonyl (C=O) groups excluding carboxylic acids is 1. The quantitative estimate of drug-likeness (QED) is 0.455. The first-order valence-corrected chi connectivity index (χ1v) is 13.2. The summed E-state index contributed by atoms with van der Waals surface area (Å²) in [4.78, 5) is 12.4. The van der Waals surface area contributed by atoms with Gasteiger partial charge in [-0.1, -0.05) is 40.2 Å². The largest absolute Gasteiger partial charge is 0.462 e. The molecule has 0 amide bonds. The molecule has 5 nitrogen and oxygen atoms in total. The molecule has 1 aliphatic heterocycles. The van der Waals surface area contributed by atoms with Gasteiger partial charge in [0.2, 0.25) is 0 Å². The Kier molecular flexibility index (Phi) is 5.44. The Labute approximate surface area is 199 Å². The molecule has 0 aromatic rings. The molecule has 10 atom stereocenters. The second kappa shape index (κ2) is 7.54. The molecule has 0 aromatic heterocycles. The van der Waals surface area contributed by atoms with Crippen LogP contribution in [0.15, 0.2) is 11.6 Å². The zero-order valence-electron chi connectivity index (χ0n) is 21.4. The highest BCUT2D eigenvalue weighted by Crippen LogP contribution is 2.74. The summed E-state index contributed by atoms with van der Waals surface area (Å²) in [7, 11) is 0. The predicted molar refractivity (Wildman–Crippen MR) is 126 cm³/mol. The molecular formula is C28H44O5. The van der Waals surface area contributed by atoms with E-state index in [0.29, 0.717) is 11.8 Å². The number of aliphatic hydroxyl groups is 2. The van der Waals surface area contributed by atoms with Gasteiger partial charge in [-0.15, -0.1) is 0 Å². The molecule has 0 spiro atoms. The van der Waals surface area contributed by atoms with Crippen LogP contribution in [0.1, 0.15) is 86.5 Å². The van der Waals surface area contributed by atoms with Crippen molar-refractivity contribution in [3.8, 4) is 0 Å². The van der Waals surface area contributed by atoms with Crippen molar-refractivity contribution in [1.29, 1.82) is 0 Å². The van der Waals surface area contributed by atoms with Gasteiger partial charge in [-0.2, -0.15) is 0 Å². The van der Waals surface area contributed by atoms with Crippen molar-refractivity contribution < 1.29 is 24.5 Å². The van der Waals surface area contributed by atoms with Gasteiger partial charge in [0, 0.05) is 30.3 Å². The van der Waals surface area contributed by atoms with E-state index in [4.69, 9.17) is 9.47 Å². The zero-order chi connectivity index (χ0) is 24.0. The van der Waals surface area contributed by atoms with Crippen molar-refractivity contribution in [2.45, 2.75) is 105 Å². The minimum atomic E-state index is -0.867. The van der Waals surface area contributed by atoms with Crippen molar-refractivity contribution in [2.75, 3.05) is 6.61 Å². The molecule has 4 aliphatic carbocycles. The van der Waals surface area contributed by atoms with E-state index in [2.05, 4.69) is 33.8 Å². The predicted octanol–water partition coefficient (Wildman–Crippen LogP) is 4.85. The van der Waals surface area contributed by atoms with Gasteiger partial charge in [-0.25, -0.2) is 0 Å². The lowest BCUT2D eigenvalue weighted by molar-refractivity contribution is -0.262. The lowest BCUT2D eigenvalue weighted by Gasteiger charge is -2.71. The molecule has 186 valence electrons. The Hall–Kier alpha value is -0.910. The Morgan fingerprint density at radius 3 is 2.55 bits per heavy atom. The van der Waals surface area contributed by atoms with Crippen LogP contribution in [-0.4, -0.2) is 41.3 Å². The number of ether oxygens (including phenoxy) is 2. The van der Waals surface area contributed by atoms with Gasteiger partial charge in [0.05, 0.1) is 6.10 Å². The monoisotopic (exact) mass is 460 g/mol. The fourth-order valence-corrected chi connectivity index (χ4v) is 10.3. The maximum absolute atomic E-state index is 12.4. The number of rotatable bonds is 2. The van der Waals surface area contributed by atoms with Gasteiger partial charge in [0.25, 0.3) is 0 Å². The maximum atomic E-state index is 12.4. The van der Waals surface area contributed by atoms with Gasteiger partial charge in [-0.05, 0) is 79.6 Å². The van der Waals surface area contributed by atoms with Crippen LogP contribution < -0.4 is 0 Å². The van der Waals surface area contributed by atoms with E-state index in [1.54, 1.807) is 0 Å². The Balaban J connectivity index is 1.65. The molecule has 3 saturated carbocycles. The number of esters is 1. The summed E-state index contributed by atoms with van der Waals surface area (Å²) in [6.07, 6.45) is 8.43. The second-order valence-electron chi connectivity index (χ2n) is 13.2. The van der Waals surface area contributed by atoms with Crippen LogP contribution in [0.2, 0.25) is 0 Å². The SMILES string of the molecule is CC(=O)O[C@H]1CC2[C@@](C)(CCC3C(C)(C)CCC[C@@]32CO)C2CC=C3C(C)O[C@@H](O)[C@@H]3[C@]21C. The maximum Gasteiger partial charge on any atom is 0.302 e. The molecule has 33 heavy (non-hydrogen) atoms. The third kappa shape index (κ3) is 3.04. The molecule has 4 fully saturated rings. The molecule has 2 N–H and O–H groups in total. The standard InChI is InChI=1S/C28H44O5/c1-16-18-8-9-20-26(5)13-10-19-25(3,4)11-7-12-28(19,15-29)21(26)14-22(33-17(2)30)27(20,6)23(18)24(31)32-16/h8,16,19-24,29,31H,7,9-15H2,1-6H3/t16?,19?,20?,21?,22-,23+,24+,26-,27+,28+/m0/s1. The Morgan fingerprint density at radius 1 is 1.15 bits per heavy atom. The number of carbonyl (C=O) groups is 1. The fourth-order valence-electron chi connectivity index (χ4n) is 10.3. The molecule has 0 bridgehead atoms. The molecule has 1 saturated heterocycles. The van der Waals surface area contributed by atoms with Crippen molar-refractivity contribution in [3.05, 3.63) is 11.6 Å². The summed E-state index contributed by atoms with van der Waals surface area (Å²) in [5.41, 5.74) is 0.885. The van der Waals surface area contributed by atoms with Gasteiger partial charge < -0.3 is 19.7 Å². The van der Waals surface area contributed by atoms with Crippen molar-refractivity contribution in [2.24, 2.45) is 45.3 Å². The lowest BCUT2D eigenvalue weighted by atomic mass is 9.34. The van der Waals surface area contributed by atoms with Crippen LogP contribution in [0, 0.1) is 45.3 Å². The average Bonchev–Trinajstić information content (AvgIpc) is 3.02. The minimum Gasteiger partial charge on any atom is -0.462 e. The molecule has 0 aromatic carbocycles. The molecule has 1 heterocycles. The Morgan fingerprint density at radius 2 is 1.88 bits per heavy atom. The van der Waals surface area contributed by atoms with Gasteiger partial charge >= 0.3 is 5.97 Å². The van der Waals surface area contributed by atoms with E-state index in [1.165, 1.54) is 18.9 Å². The molecule has 5 aliphatic rings. The van der Waals surface area contributed by atoms with Crippen molar-refractivity contribution >= 4 is 5.97 Å². The number of hydrogen-bond donors (Lipinski definition) is 2. The summed E-state index contributed by atoms with van der Waals surface area (Å²) in [5, 5.41) is 22.1. The van der Waals surface area contributed by atoms with Gasteiger partial charge in [0.15, 0.2) is 6.29 Å². The first-order chi connectivity index (χ1) is 15.4. The highest BCUT2D eigenvalue weighted by Gasteiger charge is 2.71. The van der Waals surface area contributed by atoms with Crippen LogP contribution in [0.25, 0.3) is 0 Å². The van der Waals surface area contributed by atoms with Crippen LogP contribution in [-0.2, 0) is 14.3 Å². The lowest BCUT2D eigenvalue weighted by Crippen LogP contribution is -2.68. The summed E-state index contributed by atoms with van der Waals surface area (Å²) in [5.74, 6) is 0.635. The first kappa shape index (κ1) is 23.8. The topological polar surface area (TPSA) is 76.0 Å². The van der Waals surface area contributed by atoms with Crippen molar-refractivity contribution in [3.63, 3.8) is 0 Å². The molecule has 5 heteroatoms. The van der Waals surface area contributed by atoms with Crippen LogP contribution in [0.3, 0.4) is 0 Å². The zero-order valence-corrected chi connectivity index (χ0v) is 21.4. The van der Waals surface area contributed by atoms with Gasteiger partial charge in [0.1, 0.15) is 6.10 Å². The summed E-state index contributed by atoms with van der Waals surface area (Å²) in [6, 6.07) is 0. The summed E-state index contributed by atoms with van der Waals surface area (Å²) >= 11 is 0. The highest BCUT2D eigenvalue weighted by atomic mass is 16.6. The number of allylic oxidation sites excluding steroid dienone is 1. The second-order valence-corrected chi connectivity index (χ2v) is 13.2. The first-order valence-electron chi connectivity index (χ1n) is 13.2. The van der Waals surface area contributed by atoms with E-state index in [-0.39, 0.29) is 52.9 Å². The van der Waals surface area contributed by atoms with Crippen LogP contribution in [0.4, 0.5) is 0 Å². The molecule has 4 unspecified atom stereocenters. The Bertz CT molecular complexity index is 849. The summed E-state index contributed by atoms with van der Waals surface area (Å²) in [6.45, 7) is 13.2. The molecular weight excluding hydrogens is 416 g/mol. The number of aliphatic hydroxyl groups excluding tert-OH is 2. The molecule has 5 rings (SSSR count).